The second-order valence-corrected chi connectivity index (χ2v) is 8.86. The lowest BCUT2D eigenvalue weighted by Gasteiger charge is -2.23. The number of nitrogens with zero attached hydrogens (tertiary/aromatic N) is 2. The summed E-state index contributed by atoms with van der Waals surface area (Å²) < 4.78 is 16.0. The number of fused-ring (bicyclic) bond motifs is 1. The molecule has 8 nitrogen and oxygen atoms in total. The van der Waals surface area contributed by atoms with Crippen LogP contribution in [0.5, 0.6) is 11.5 Å². The number of benzodiazepines with no additional fused rings is 1. The number of hydrogen-bond acceptors (Lipinski definition) is 6. The van der Waals surface area contributed by atoms with Crippen LogP contribution < -0.4 is 19.7 Å². The van der Waals surface area contributed by atoms with Gasteiger partial charge in [-0.1, -0.05) is 24.0 Å². The van der Waals surface area contributed by atoms with Gasteiger partial charge in [0.15, 0.2) is 18.1 Å². The summed E-state index contributed by atoms with van der Waals surface area (Å²) >= 11 is 0. The van der Waals surface area contributed by atoms with Gasteiger partial charge in [-0.15, -0.1) is 0 Å². The topological polar surface area (TPSA) is 89.5 Å². The van der Waals surface area contributed by atoms with Crippen molar-refractivity contribution in [3.8, 4) is 23.3 Å². The molecule has 0 saturated heterocycles. The molecular formula is C27H31N3O5. The first-order valence-electron chi connectivity index (χ1n) is 11.3. The summed E-state index contributed by atoms with van der Waals surface area (Å²) in [4.78, 5) is 30.8. The highest BCUT2D eigenvalue weighted by molar-refractivity contribution is 6.20. The number of benzene rings is 2. The van der Waals surface area contributed by atoms with Crippen LogP contribution in [0.25, 0.3) is 0 Å². The zero-order valence-corrected chi connectivity index (χ0v) is 21.0. The van der Waals surface area contributed by atoms with Gasteiger partial charge in [-0.25, -0.2) is 4.79 Å². The molecule has 2 aromatic rings. The number of alkyl carbamates (subject to hydrolysis) is 1. The molecule has 184 valence electrons. The van der Waals surface area contributed by atoms with E-state index in [1.807, 2.05) is 64.1 Å². The summed E-state index contributed by atoms with van der Waals surface area (Å²) in [6.07, 6.45) is -0.505. The van der Waals surface area contributed by atoms with Crippen LogP contribution in [0, 0.1) is 11.8 Å². The molecule has 35 heavy (non-hydrogen) atoms. The maximum Gasteiger partial charge on any atom is 0.408 e. The van der Waals surface area contributed by atoms with Crippen molar-refractivity contribution in [2.24, 2.45) is 4.99 Å². The second-order valence-electron chi connectivity index (χ2n) is 8.86. The Morgan fingerprint density at radius 2 is 1.77 bits per heavy atom. The summed E-state index contributed by atoms with van der Waals surface area (Å²) in [5.74, 6) is 6.85. The predicted octanol–water partition coefficient (Wildman–Crippen LogP) is 3.78. The minimum Gasteiger partial charge on any atom is -0.493 e. The van der Waals surface area contributed by atoms with E-state index in [1.165, 1.54) is 0 Å². The van der Waals surface area contributed by atoms with Gasteiger partial charge in [-0.2, -0.15) is 0 Å². The van der Waals surface area contributed by atoms with E-state index in [0.29, 0.717) is 23.8 Å². The number of carbonyl (C=O) groups excluding carboxylic acids is 2. The van der Waals surface area contributed by atoms with E-state index >= 15 is 0 Å². The molecule has 1 N–H and O–H groups in total. The van der Waals surface area contributed by atoms with Gasteiger partial charge in [-0.05, 0) is 45.9 Å². The Hall–Kier alpha value is -3.99. The number of methoxy groups -OCH3 is 2. The first kappa shape index (κ1) is 25.6. The predicted molar refractivity (Wildman–Crippen MR) is 136 cm³/mol. The van der Waals surface area contributed by atoms with Gasteiger partial charge < -0.3 is 24.4 Å². The van der Waals surface area contributed by atoms with Crippen LogP contribution in [-0.4, -0.2) is 57.2 Å². The van der Waals surface area contributed by atoms with Crippen molar-refractivity contribution >= 4 is 23.4 Å². The molecule has 8 heteroatoms. The lowest BCUT2D eigenvalue weighted by atomic mass is 9.98. The molecular weight excluding hydrogens is 446 g/mol. The smallest absolute Gasteiger partial charge is 0.408 e. The first-order chi connectivity index (χ1) is 16.7. The van der Waals surface area contributed by atoms with Crippen molar-refractivity contribution in [3.63, 3.8) is 0 Å². The third-order valence-electron chi connectivity index (χ3n) is 5.18. The van der Waals surface area contributed by atoms with Crippen molar-refractivity contribution in [1.82, 2.24) is 5.32 Å². The average Bonchev–Trinajstić information content (AvgIpc) is 2.95. The van der Waals surface area contributed by atoms with Crippen molar-refractivity contribution in [3.05, 3.63) is 53.1 Å². The van der Waals surface area contributed by atoms with Crippen molar-refractivity contribution in [1.29, 1.82) is 0 Å². The number of carbonyl (C=O) groups is 2. The van der Waals surface area contributed by atoms with Crippen molar-refractivity contribution < 1.29 is 23.8 Å². The largest absolute Gasteiger partial charge is 0.493 e. The number of hydrogen-bond donors (Lipinski definition) is 1. The Labute approximate surface area is 206 Å². The van der Waals surface area contributed by atoms with Crippen LogP contribution >= 0.6 is 0 Å². The third kappa shape index (κ3) is 6.33. The number of likely N-dealkylation sites (N-methyl/N-ethyl adjacent to an activating group) is 1. The average molecular weight is 478 g/mol. The number of anilines is 1. The molecule has 0 fully saturated rings. The molecule has 2 aromatic carbocycles. The molecule has 1 aliphatic heterocycles. The zero-order valence-electron chi connectivity index (χ0n) is 21.0. The van der Waals surface area contributed by atoms with Gasteiger partial charge >= 0.3 is 6.09 Å². The molecule has 1 aliphatic rings. The minimum absolute atomic E-state index is 0.0136. The van der Waals surface area contributed by atoms with E-state index in [1.54, 1.807) is 19.1 Å². The highest BCUT2D eigenvalue weighted by Gasteiger charge is 2.26. The molecule has 0 spiro atoms. The standard InChI is InChI=1S/C27H31N3O5/c1-7-30-21-16-23(34-6)22(33-5)15-20(21)25(28-17-24(30)31)19-12-10-18(11-13-19)9-8-14-35-26(32)29-27(2,3)4/h10-13,15-16H,7,14,17H2,1-6H3,(H,29,32). The molecule has 0 aromatic heterocycles. The van der Waals surface area contributed by atoms with Crippen LogP contribution in [0.2, 0.25) is 0 Å². The Bertz CT molecular complexity index is 1180. The van der Waals surface area contributed by atoms with Gasteiger partial charge in [0, 0.05) is 34.8 Å². The molecule has 0 unspecified atom stereocenters. The maximum absolute atomic E-state index is 12.8. The van der Waals surface area contributed by atoms with E-state index in [9.17, 15) is 9.59 Å². The highest BCUT2D eigenvalue weighted by atomic mass is 16.5. The highest BCUT2D eigenvalue weighted by Crippen LogP contribution is 2.37. The molecule has 3 rings (SSSR count). The third-order valence-corrected chi connectivity index (χ3v) is 5.18. The summed E-state index contributed by atoms with van der Waals surface area (Å²) in [6.45, 7) is 8.09. The maximum atomic E-state index is 12.8. The van der Waals surface area contributed by atoms with Crippen LogP contribution in [-0.2, 0) is 9.53 Å². The van der Waals surface area contributed by atoms with Crippen molar-refractivity contribution in [2.75, 3.05) is 38.8 Å². The van der Waals surface area contributed by atoms with E-state index in [4.69, 9.17) is 14.2 Å². The molecule has 0 atom stereocenters. The molecule has 0 bridgehead atoms. The Morgan fingerprint density at radius 1 is 1.11 bits per heavy atom. The van der Waals surface area contributed by atoms with Crippen LogP contribution in [0.15, 0.2) is 41.4 Å². The number of nitrogens with one attached hydrogen (secondary N) is 1. The van der Waals surface area contributed by atoms with E-state index < -0.39 is 6.09 Å². The van der Waals surface area contributed by atoms with Gasteiger partial charge in [0.25, 0.3) is 0 Å². The Kier molecular flexibility index (Phi) is 8.02. The van der Waals surface area contributed by atoms with E-state index in [2.05, 4.69) is 22.2 Å². The van der Waals surface area contributed by atoms with E-state index in [0.717, 1.165) is 22.4 Å². The lowest BCUT2D eigenvalue weighted by molar-refractivity contribution is -0.117. The first-order valence-corrected chi connectivity index (χ1v) is 11.3. The summed E-state index contributed by atoms with van der Waals surface area (Å²) in [6, 6.07) is 11.2. The number of aliphatic imine (C=N–C) groups is 1. The van der Waals surface area contributed by atoms with Crippen molar-refractivity contribution in [2.45, 2.75) is 33.2 Å². The van der Waals surface area contributed by atoms with Gasteiger partial charge in [-0.3, -0.25) is 9.79 Å². The molecule has 0 radical (unpaired) electrons. The lowest BCUT2D eigenvalue weighted by Crippen LogP contribution is -2.40. The SMILES string of the molecule is CCN1C(=O)CN=C(c2ccc(C#CCOC(=O)NC(C)(C)C)cc2)c2cc(OC)c(OC)cc21. The van der Waals surface area contributed by atoms with Crippen LogP contribution in [0.3, 0.4) is 0 Å². The second kappa shape index (κ2) is 11.0. The number of rotatable bonds is 5. The van der Waals surface area contributed by atoms with Gasteiger partial charge in [0.2, 0.25) is 5.91 Å². The minimum atomic E-state index is -0.505. The molecule has 0 saturated carbocycles. The fourth-order valence-corrected chi connectivity index (χ4v) is 3.62. The monoisotopic (exact) mass is 477 g/mol. The molecule has 0 aliphatic carbocycles. The van der Waals surface area contributed by atoms with Crippen LogP contribution in [0.4, 0.5) is 10.5 Å². The quantitative estimate of drug-likeness (QED) is 0.662. The summed E-state index contributed by atoms with van der Waals surface area (Å²) in [5, 5.41) is 2.71. The fourth-order valence-electron chi connectivity index (χ4n) is 3.62. The van der Waals surface area contributed by atoms with Gasteiger partial charge in [0.1, 0.15) is 6.54 Å². The summed E-state index contributed by atoms with van der Waals surface area (Å²) in [7, 11) is 3.14. The Morgan fingerprint density at radius 3 is 2.37 bits per heavy atom. The van der Waals surface area contributed by atoms with E-state index in [-0.39, 0.29) is 24.6 Å². The normalized spacial score (nSPS) is 13.0. The number of ether oxygens (including phenoxy) is 3. The Balaban J connectivity index is 1.85. The molecule has 2 amide bonds. The zero-order chi connectivity index (χ0) is 25.6. The van der Waals surface area contributed by atoms with Gasteiger partial charge in [0.05, 0.1) is 25.6 Å². The van der Waals surface area contributed by atoms with Crippen LogP contribution in [0.1, 0.15) is 44.4 Å². The number of amides is 2. The summed E-state index contributed by atoms with van der Waals surface area (Å²) in [5.41, 5.74) is 3.44. The molecule has 1 heterocycles. The fraction of sp³-hybridized carbons (Fsp3) is 0.370.